The summed E-state index contributed by atoms with van der Waals surface area (Å²) >= 11 is 0. The van der Waals surface area contributed by atoms with Gasteiger partial charge in [-0.05, 0) is 31.0 Å². The number of benzene rings is 1. The summed E-state index contributed by atoms with van der Waals surface area (Å²) in [4.78, 5) is 35.2. The molecule has 1 aliphatic heterocycles. The Hall–Kier alpha value is -3.36. The lowest BCUT2D eigenvalue weighted by Crippen LogP contribution is -2.49. The lowest BCUT2D eigenvalue weighted by atomic mass is 9.97. The van der Waals surface area contributed by atoms with Crippen molar-refractivity contribution >= 4 is 17.6 Å². The fourth-order valence-electron chi connectivity index (χ4n) is 3.12. The molecule has 2 heterocycles. The first-order valence-electron chi connectivity index (χ1n) is 8.95. The van der Waals surface area contributed by atoms with Gasteiger partial charge in [0.15, 0.2) is 11.5 Å². The third kappa shape index (κ3) is 4.48. The van der Waals surface area contributed by atoms with Crippen LogP contribution in [0.15, 0.2) is 36.8 Å². The van der Waals surface area contributed by atoms with E-state index in [0.29, 0.717) is 23.6 Å². The Labute approximate surface area is 163 Å². The van der Waals surface area contributed by atoms with Crippen molar-refractivity contribution in [2.45, 2.75) is 12.8 Å². The molecule has 1 aromatic heterocycles. The number of hydrogen-bond acceptors (Lipinski definition) is 7. The molecule has 9 nitrogen and oxygen atoms in total. The van der Waals surface area contributed by atoms with Crippen molar-refractivity contribution in [1.82, 2.24) is 20.8 Å². The Bertz CT molecular complexity index is 830. The van der Waals surface area contributed by atoms with Gasteiger partial charge < -0.3 is 14.4 Å². The standard InChI is InChI=1S/C19H23N5O4/c1-27-15-6-5-13(10-16(15)28-2)18(25)22-23-19(26)14-4-3-9-24(12-14)17-11-20-7-8-21-17/h5-8,10-11,14H,3-4,9,12H2,1-2H3,(H,22,25)(H,23,26). The fraction of sp³-hybridized carbons (Fsp3) is 0.368. The predicted molar refractivity (Wildman–Crippen MR) is 102 cm³/mol. The number of carbonyl (C=O) groups excluding carboxylic acids is 2. The van der Waals surface area contributed by atoms with Crippen molar-refractivity contribution in [1.29, 1.82) is 0 Å². The first kappa shape index (κ1) is 19.4. The molecule has 3 rings (SSSR count). The van der Waals surface area contributed by atoms with Gasteiger partial charge in [0.25, 0.3) is 5.91 Å². The van der Waals surface area contributed by atoms with Crippen LogP contribution in [0, 0.1) is 5.92 Å². The second-order valence-corrected chi connectivity index (χ2v) is 6.36. The second-order valence-electron chi connectivity index (χ2n) is 6.36. The molecule has 2 N–H and O–H groups in total. The van der Waals surface area contributed by atoms with Gasteiger partial charge in [0.05, 0.1) is 26.3 Å². The molecular weight excluding hydrogens is 362 g/mol. The van der Waals surface area contributed by atoms with Crippen LogP contribution in [0.1, 0.15) is 23.2 Å². The van der Waals surface area contributed by atoms with Gasteiger partial charge in [-0.3, -0.25) is 25.4 Å². The van der Waals surface area contributed by atoms with Crippen molar-refractivity contribution in [3.63, 3.8) is 0 Å². The van der Waals surface area contributed by atoms with E-state index in [1.54, 1.807) is 36.8 Å². The minimum atomic E-state index is -0.434. The summed E-state index contributed by atoms with van der Waals surface area (Å²) in [6.07, 6.45) is 6.52. The molecule has 28 heavy (non-hydrogen) atoms. The summed E-state index contributed by atoms with van der Waals surface area (Å²) in [5.41, 5.74) is 5.32. The average Bonchev–Trinajstić information content (AvgIpc) is 2.77. The minimum absolute atomic E-state index is 0.234. The van der Waals surface area contributed by atoms with E-state index in [1.807, 2.05) is 4.90 Å². The number of piperidine rings is 1. The van der Waals surface area contributed by atoms with E-state index in [-0.39, 0.29) is 11.8 Å². The lowest BCUT2D eigenvalue weighted by molar-refractivity contribution is -0.126. The zero-order valence-electron chi connectivity index (χ0n) is 15.8. The van der Waals surface area contributed by atoms with Crippen LogP contribution in [0.5, 0.6) is 11.5 Å². The molecule has 1 saturated heterocycles. The van der Waals surface area contributed by atoms with Crippen LogP contribution in [0.3, 0.4) is 0 Å². The molecule has 2 aromatic rings. The maximum absolute atomic E-state index is 12.5. The van der Waals surface area contributed by atoms with Gasteiger partial charge in [0, 0.05) is 31.0 Å². The van der Waals surface area contributed by atoms with Crippen LogP contribution in [0.25, 0.3) is 0 Å². The van der Waals surface area contributed by atoms with Crippen molar-refractivity contribution < 1.29 is 19.1 Å². The third-order valence-electron chi connectivity index (χ3n) is 4.61. The first-order valence-corrected chi connectivity index (χ1v) is 8.95. The molecule has 0 bridgehead atoms. The lowest BCUT2D eigenvalue weighted by Gasteiger charge is -2.32. The number of anilines is 1. The molecule has 9 heteroatoms. The van der Waals surface area contributed by atoms with E-state index >= 15 is 0 Å². The Morgan fingerprint density at radius 3 is 2.68 bits per heavy atom. The normalized spacial score (nSPS) is 16.2. The maximum atomic E-state index is 12.5. The molecule has 1 atom stereocenters. The van der Waals surface area contributed by atoms with Gasteiger partial charge in [-0.25, -0.2) is 4.98 Å². The Morgan fingerprint density at radius 2 is 1.96 bits per heavy atom. The maximum Gasteiger partial charge on any atom is 0.269 e. The Morgan fingerprint density at radius 1 is 1.14 bits per heavy atom. The highest BCUT2D eigenvalue weighted by Gasteiger charge is 2.27. The zero-order chi connectivity index (χ0) is 19.9. The Kier molecular flexibility index (Phi) is 6.25. The zero-order valence-corrected chi connectivity index (χ0v) is 15.8. The molecule has 0 saturated carbocycles. The number of nitrogens with zero attached hydrogens (tertiary/aromatic N) is 3. The molecule has 1 fully saturated rings. The van der Waals surface area contributed by atoms with E-state index in [2.05, 4.69) is 20.8 Å². The van der Waals surface area contributed by atoms with Crippen LogP contribution < -0.4 is 25.2 Å². The van der Waals surface area contributed by atoms with Crippen molar-refractivity contribution in [3.05, 3.63) is 42.4 Å². The van der Waals surface area contributed by atoms with Gasteiger partial charge in [0.1, 0.15) is 5.82 Å². The number of methoxy groups -OCH3 is 2. The summed E-state index contributed by atoms with van der Waals surface area (Å²) in [7, 11) is 3.01. The molecule has 0 radical (unpaired) electrons. The molecule has 1 aromatic carbocycles. The van der Waals surface area contributed by atoms with Crippen LogP contribution in [0.4, 0.5) is 5.82 Å². The topological polar surface area (TPSA) is 106 Å². The van der Waals surface area contributed by atoms with Crippen LogP contribution in [0.2, 0.25) is 0 Å². The third-order valence-corrected chi connectivity index (χ3v) is 4.61. The van der Waals surface area contributed by atoms with Crippen LogP contribution in [-0.4, -0.2) is 49.1 Å². The number of hydrogen-bond donors (Lipinski definition) is 2. The number of rotatable bonds is 5. The molecule has 0 aliphatic carbocycles. The molecule has 0 spiro atoms. The van der Waals surface area contributed by atoms with Gasteiger partial charge in [-0.15, -0.1) is 0 Å². The summed E-state index contributed by atoms with van der Waals surface area (Å²) < 4.78 is 10.3. The first-order chi connectivity index (χ1) is 13.6. The van der Waals surface area contributed by atoms with Crippen molar-refractivity contribution in [2.75, 3.05) is 32.2 Å². The molecule has 148 valence electrons. The van der Waals surface area contributed by atoms with Gasteiger partial charge >= 0.3 is 0 Å². The smallest absolute Gasteiger partial charge is 0.269 e. The highest BCUT2D eigenvalue weighted by atomic mass is 16.5. The largest absolute Gasteiger partial charge is 0.493 e. The minimum Gasteiger partial charge on any atom is -0.493 e. The average molecular weight is 385 g/mol. The molecule has 1 unspecified atom stereocenters. The monoisotopic (exact) mass is 385 g/mol. The van der Waals surface area contributed by atoms with E-state index in [1.165, 1.54) is 14.2 Å². The van der Waals surface area contributed by atoms with Crippen LogP contribution >= 0.6 is 0 Å². The summed E-state index contributed by atoms with van der Waals surface area (Å²) in [6, 6.07) is 4.78. The predicted octanol–water partition coefficient (Wildman–Crippen LogP) is 1.17. The SMILES string of the molecule is COc1ccc(C(=O)NNC(=O)C2CCCN(c3cnccn3)C2)cc1OC. The highest BCUT2D eigenvalue weighted by molar-refractivity contribution is 5.96. The number of carbonyl (C=O) groups is 2. The van der Waals surface area contributed by atoms with Crippen LogP contribution in [-0.2, 0) is 4.79 Å². The second kappa shape index (κ2) is 9.03. The number of ether oxygens (including phenoxy) is 2. The molecular formula is C19H23N5O4. The number of aromatic nitrogens is 2. The van der Waals surface area contributed by atoms with Gasteiger partial charge in [0.2, 0.25) is 5.91 Å². The van der Waals surface area contributed by atoms with Gasteiger partial charge in [-0.1, -0.05) is 0 Å². The molecule has 2 amide bonds. The van der Waals surface area contributed by atoms with E-state index in [9.17, 15) is 9.59 Å². The van der Waals surface area contributed by atoms with E-state index in [4.69, 9.17) is 9.47 Å². The van der Waals surface area contributed by atoms with E-state index < -0.39 is 5.91 Å². The summed E-state index contributed by atoms with van der Waals surface area (Å²) in [5, 5.41) is 0. The molecule has 1 aliphatic rings. The highest BCUT2D eigenvalue weighted by Crippen LogP contribution is 2.27. The Balaban J connectivity index is 1.57. The van der Waals surface area contributed by atoms with Gasteiger partial charge in [-0.2, -0.15) is 0 Å². The number of nitrogens with one attached hydrogen (secondary N) is 2. The number of hydrazine groups is 1. The van der Waals surface area contributed by atoms with E-state index in [0.717, 1.165) is 25.2 Å². The van der Waals surface area contributed by atoms with Crippen molar-refractivity contribution in [2.24, 2.45) is 5.92 Å². The quantitative estimate of drug-likeness (QED) is 0.744. The summed E-state index contributed by atoms with van der Waals surface area (Å²) in [5.74, 6) is 0.789. The summed E-state index contributed by atoms with van der Waals surface area (Å²) in [6.45, 7) is 1.34. The number of amides is 2. The fourth-order valence-corrected chi connectivity index (χ4v) is 3.12. The van der Waals surface area contributed by atoms with Crippen molar-refractivity contribution in [3.8, 4) is 11.5 Å².